The number of hydrogen-bond acceptors (Lipinski definition) is 4. The number of urea groups is 1. The fourth-order valence-electron chi connectivity index (χ4n) is 6.33. The van der Waals surface area contributed by atoms with Crippen LogP contribution in [-0.4, -0.2) is 58.6 Å². The molecule has 4 heterocycles. The highest BCUT2D eigenvalue weighted by molar-refractivity contribution is 6.02. The first-order valence-corrected chi connectivity index (χ1v) is 12.2. The Morgan fingerprint density at radius 2 is 2.03 bits per heavy atom. The number of halogens is 1. The summed E-state index contributed by atoms with van der Waals surface area (Å²) in [6, 6.07) is 3.87. The van der Waals surface area contributed by atoms with E-state index in [9.17, 15) is 4.79 Å². The normalized spacial score (nSPS) is 27.9. The summed E-state index contributed by atoms with van der Waals surface area (Å²) in [5.41, 5.74) is 2.49. The molecule has 4 aliphatic rings. The highest BCUT2D eigenvalue weighted by Crippen LogP contribution is 2.42. The Labute approximate surface area is 193 Å². The molecule has 1 aromatic heterocycles. The van der Waals surface area contributed by atoms with Crippen molar-refractivity contribution >= 4 is 22.8 Å². The van der Waals surface area contributed by atoms with E-state index in [-0.39, 0.29) is 23.4 Å². The molecule has 0 unspecified atom stereocenters. The quantitative estimate of drug-likeness (QED) is 0.762. The molecular weight excluding hydrogens is 421 g/mol. The molecule has 0 radical (unpaired) electrons. The van der Waals surface area contributed by atoms with Gasteiger partial charge in [0.25, 0.3) is 0 Å². The molecule has 33 heavy (non-hydrogen) atoms. The molecule has 0 atom stereocenters. The summed E-state index contributed by atoms with van der Waals surface area (Å²) < 4.78 is 23.1. The van der Waals surface area contributed by atoms with Crippen molar-refractivity contribution in [2.75, 3.05) is 31.1 Å². The minimum Gasteiger partial charge on any atom is -0.372 e. The maximum absolute atomic E-state index is 15.4. The van der Waals surface area contributed by atoms with E-state index in [1.807, 2.05) is 13.1 Å². The lowest BCUT2D eigenvalue weighted by atomic mass is 9.78. The number of benzene rings is 1. The SMILES string of the molecule is C=C1CCN(c2nn(C)c3cc(C4CCC(N5CC6(CCCO6)C5)CC4)c(F)cc23)C(=O)N1. The summed E-state index contributed by atoms with van der Waals surface area (Å²) in [6.45, 7) is 7.37. The zero-order valence-corrected chi connectivity index (χ0v) is 19.3. The molecule has 1 aromatic carbocycles. The molecule has 1 N–H and O–H groups in total. The largest absolute Gasteiger partial charge is 0.372 e. The van der Waals surface area contributed by atoms with E-state index in [0.29, 0.717) is 35.9 Å². The Balaban J connectivity index is 1.18. The van der Waals surface area contributed by atoms with E-state index in [1.165, 1.54) is 12.8 Å². The number of fused-ring (bicyclic) bond motifs is 1. The first kappa shape index (κ1) is 21.1. The monoisotopic (exact) mass is 453 g/mol. The van der Waals surface area contributed by atoms with Crippen LogP contribution in [0.3, 0.4) is 0 Å². The van der Waals surface area contributed by atoms with E-state index >= 15 is 4.39 Å². The summed E-state index contributed by atoms with van der Waals surface area (Å²) in [4.78, 5) is 16.6. The Morgan fingerprint density at radius 1 is 1.24 bits per heavy atom. The van der Waals surface area contributed by atoms with Crippen LogP contribution < -0.4 is 10.2 Å². The smallest absolute Gasteiger partial charge is 0.327 e. The van der Waals surface area contributed by atoms with Crippen LogP contribution in [0, 0.1) is 5.82 Å². The predicted octanol–water partition coefficient (Wildman–Crippen LogP) is 4.04. The molecule has 8 heteroatoms. The zero-order valence-electron chi connectivity index (χ0n) is 19.3. The van der Waals surface area contributed by atoms with Gasteiger partial charge in [0.05, 0.1) is 11.1 Å². The van der Waals surface area contributed by atoms with Crippen molar-refractivity contribution in [2.24, 2.45) is 7.05 Å². The molecule has 176 valence electrons. The van der Waals surface area contributed by atoms with Crippen molar-refractivity contribution in [3.8, 4) is 0 Å². The van der Waals surface area contributed by atoms with Gasteiger partial charge in [-0.2, -0.15) is 5.10 Å². The Morgan fingerprint density at radius 3 is 2.73 bits per heavy atom. The number of nitrogens with one attached hydrogen (secondary N) is 1. The molecule has 1 saturated carbocycles. The highest BCUT2D eigenvalue weighted by Gasteiger charge is 2.48. The van der Waals surface area contributed by atoms with Crippen LogP contribution in [-0.2, 0) is 11.8 Å². The number of carbonyl (C=O) groups excluding carboxylic acids is 1. The van der Waals surface area contributed by atoms with Gasteiger partial charge in [0.2, 0.25) is 0 Å². The molecule has 3 aliphatic heterocycles. The van der Waals surface area contributed by atoms with E-state index in [1.54, 1.807) is 15.6 Å². The second kappa shape index (κ2) is 7.81. The summed E-state index contributed by atoms with van der Waals surface area (Å²) in [7, 11) is 1.86. The number of rotatable bonds is 3. The number of amides is 2. The average Bonchev–Trinajstić information content (AvgIpc) is 3.38. The van der Waals surface area contributed by atoms with Crippen LogP contribution >= 0.6 is 0 Å². The minimum absolute atomic E-state index is 0.143. The van der Waals surface area contributed by atoms with Crippen molar-refractivity contribution < 1.29 is 13.9 Å². The first-order chi connectivity index (χ1) is 15.9. The molecule has 1 aliphatic carbocycles. The van der Waals surface area contributed by atoms with Crippen LogP contribution in [0.25, 0.3) is 10.9 Å². The van der Waals surface area contributed by atoms with Crippen molar-refractivity contribution in [1.82, 2.24) is 20.0 Å². The topological polar surface area (TPSA) is 62.6 Å². The molecule has 3 saturated heterocycles. The number of aryl methyl sites for hydroxylation is 1. The van der Waals surface area contributed by atoms with Gasteiger partial charge in [-0.25, -0.2) is 9.18 Å². The summed E-state index contributed by atoms with van der Waals surface area (Å²) in [5.74, 6) is 0.542. The molecule has 7 nitrogen and oxygen atoms in total. The molecule has 6 rings (SSSR count). The number of likely N-dealkylation sites (tertiary alicyclic amines) is 1. The summed E-state index contributed by atoms with van der Waals surface area (Å²) in [5, 5.41) is 8.01. The van der Waals surface area contributed by atoms with Gasteiger partial charge >= 0.3 is 6.03 Å². The Hall–Kier alpha value is -2.45. The van der Waals surface area contributed by atoms with Gasteiger partial charge in [0, 0.05) is 56.8 Å². The second-order valence-electron chi connectivity index (χ2n) is 10.3. The number of anilines is 1. The van der Waals surface area contributed by atoms with E-state index in [2.05, 4.69) is 21.9 Å². The summed E-state index contributed by atoms with van der Waals surface area (Å²) >= 11 is 0. The van der Waals surface area contributed by atoms with Crippen LogP contribution in [0.2, 0.25) is 0 Å². The van der Waals surface area contributed by atoms with Gasteiger partial charge in [0.15, 0.2) is 5.82 Å². The number of carbonyl (C=O) groups is 1. The van der Waals surface area contributed by atoms with Crippen LogP contribution in [0.1, 0.15) is 56.4 Å². The average molecular weight is 454 g/mol. The predicted molar refractivity (Wildman–Crippen MR) is 125 cm³/mol. The number of hydrogen-bond donors (Lipinski definition) is 1. The lowest BCUT2D eigenvalue weighted by Gasteiger charge is -2.52. The number of ether oxygens (including phenoxy) is 1. The van der Waals surface area contributed by atoms with Gasteiger partial charge in [-0.3, -0.25) is 14.5 Å². The maximum atomic E-state index is 15.4. The third-order valence-corrected chi connectivity index (χ3v) is 8.19. The van der Waals surface area contributed by atoms with Crippen molar-refractivity contribution in [3.63, 3.8) is 0 Å². The second-order valence-corrected chi connectivity index (χ2v) is 10.3. The van der Waals surface area contributed by atoms with Crippen molar-refractivity contribution in [1.29, 1.82) is 0 Å². The first-order valence-electron chi connectivity index (χ1n) is 12.2. The van der Waals surface area contributed by atoms with Crippen molar-refractivity contribution in [2.45, 2.75) is 62.5 Å². The van der Waals surface area contributed by atoms with Crippen LogP contribution in [0.5, 0.6) is 0 Å². The molecular formula is C25H32FN5O2. The molecule has 2 amide bonds. The molecule has 0 bridgehead atoms. The highest BCUT2D eigenvalue weighted by atomic mass is 19.1. The van der Waals surface area contributed by atoms with E-state index < -0.39 is 0 Å². The summed E-state index contributed by atoms with van der Waals surface area (Å²) in [6.07, 6.45) is 7.25. The van der Waals surface area contributed by atoms with Crippen LogP contribution in [0.15, 0.2) is 24.4 Å². The van der Waals surface area contributed by atoms with Gasteiger partial charge < -0.3 is 10.1 Å². The Bertz CT molecular complexity index is 1110. The standard InChI is InChI=1S/C25H32FN5O2/c1-16-8-10-31(24(32)27-16)23-20-12-21(26)19(13-22(20)29(2)28-23)17-4-6-18(7-5-17)30-14-25(15-30)9-3-11-33-25/h12-13,17-18H,1,3-11,14-15H2,2H3,(H,27,32). The maximum Gasteiger partial charge on any atom is 0.327 e. The van der Waals surface area contributed by atoms with Gasteiger partial charge in [-0.15, -0.1) is 0 Å². The lowest BCUT2D eigenvalue weighted by Crippen LogP contribution is -2.64. The van der Waals surface area contributed by atoms with Crippen molar-refractivity contribution in [3.05, 3.63) is 35.8 Å². The zero-order chi connectivity index (χ0) is 22.7. The van der Waals surface area contributed by atoms with Gasteiger partial charge in [0.1, 0.15) is 5.82 Å². The fourth-order valence-corrected chi connectivity index (χ4v) is 6.33. The van der Waals surface area contributed by atoms with Gasteiger partial charge in [-0.1, -0.05) is 6.58 Å². The van der Waals surface area contributed by atoms with E-state index in [0.717, 1.165) is 56.5 Å². The Kier molecular flexibility index (Phi) is 4.99. The lowest BCUT2D eigenvalue weighted by molar-refractivity contribution is -0.130. The fraction of sp³-hybridized carbons (Fsp3) is 0.600. The van der Waals surface area contributed by atoms with Gasteiger partial charge in [-0.05, 0) is 62.1 Å². The molecule has 2 aromatic rings. The number of nitrogens with zero attached hydrogens (tertiary/aromatic N) is 4. The van der Waals surface area contributed by atoms with E-state index in [4.69, 9.17) is 4.74 Å². The third-order valence-electron chi connectivity index (χ3n) is 8.19. The third kappa shape index (κ3) is 3.54. The van der Waals surface area contributed by atoms with Crippen LogP contribution in [0.4, 0.5) is 15.0 Å². The molecule has 4 fully saturated rings. The number of aromatic nitrogens is 2. The minimum atomic E-state index is -0.259. The molecule has 1 spiro atoms.